The van der Waals surface area contributed by atoms with Crippen molar-refractivity contribution in [2.75, 3.05) is 21.3 Å². The normalized spacial score (nSPS) is 19.7. The monoisotopic (exact) mass is 599 g/mol. The number of esters is 1. The predicted octanol–water partition coefficient (Wildman–Crippen LogP) is 5.88. The third-order valence-corrected chi connectivity index (χ3v) is 8.02. The van der Waals surface area contributed by atoms with Crippen molar-refractivity contribution in [1.82, 2.24) is 5.32 Å². The molecule has 9 heteroatoms. The molecule has 4 rings (SSSR count). The summed E-state index contributed by atoms with van der Waals surface area (Å²) in [6, 6.07) is 9.08. The number of Topliss-reactive ketones (excluding diaryl/α,β-unsaturated/α-hetero) is 1. The van der Waals surface area contributed by atoms with Crippen LogP contribution in [0.2, 0.25) is 0 Å². The molecule has 1 aliphatic heterocycles. The molecule has 3 atom stereocenters. The molecular weight excluding hydrogens is 566 g/mol. The van der Waals surface area contributed by atoms with E-state index in [0.717, 1.165) is 11.3 Å². The second kappa shape index (κ2) is 11.7. The number of phenolic OH excluding ortho intramolecular Hbond substituents is 1. The number of allylic oxidation sites excluding steroid dienone is 3. The first-order valence-electron chi connectivity index (χ1n) is 12.9. The number of phenols is 1. The van der Waals surface area contributed by atoms with Gasteiger partial charge in [0.1, 0.15) is 0 Å². The summed E-state index contributed by atoms with van der Waals surface area (Å²) in [5.41, 5.74) is 3.87. The molecule has 2 aromatic rings. The minimum Gasteiger partial charge on any atom is -0.503 e. The second-order valence-electron chi connectivity index (χ2n) is 9.81. The van der Waals surface area contributed by atoms with Gasteiger partial charge in [-0.15, -0.1) is 0 Å². The summed E-state index contributed by atoms with van der Waals surface area (Å²) >= 11 is 3.40. The van der Waals surface area contributed by atoms with E-state index in [4.69, 9.17) is 18.9 Å². The fourth-order valence-corrected chi connectivity index (χ4v) is 5.69. The fourth-order valence-electron chi connectivity index (χ4n) is 5.23. The minimum absolute atomic E-state index is 0.0580. The number of methoxy groups -OCH3 is 3. The summed E-state index contributed by atoms with van der Waals surface area (Å²) in [6.07, 6.45) is 1.20. The van der Waals surface area contributed by atoms with Crippen LogP contribution in [-0.4, -0.2) is 44.3 Å². The van der Waals surface area contributed by atoms with Gasteiger partial charge in [-0.2, -0.15) is 0 Å². The summed E-state index contributed by atoms with van der Waals surface area (Å²) in [5, 5.41) is 13.8. The first kappa shape index (κ1) is 28.5. The van der Waals surface area contributed by atoms with Crippen molar-refractivity contribution in [3.63, 3.8) is 0 Å². The molecule has 1 aliphatic carbocycles. The molecule has 2 N–H and O–H groups in total. The van der Waals surface area contributed by atoms with E-state index in [0.29, 0.717) is 51.2 Å². The van der Waals surface area contributed by atoms with Crippen molar-refractivity contribution in [1.29, 1.82) is 0 Å². The van der Waals surface area contributed by atoms with Gasteiger partial charge in [-0.05, 0) is 83.9 Å². The maximum Gasteiger partial charge on any atom is 0.337 e. The lowest BCUT2D eigenvalue weighted by Gasteiger charge is -2.37. The number of hydrogen-bond acceptors (Lipinski definition) is 8. The molecule has 0 radical (unpaired) electrons. The Morgan fingerprint density at radius 2 is 1.72 bits per heavy atom. The summed E-state index contributed by atoms with van der Waals surface area (Å²) in [4.78, 5) is 27.4. The summed E-state index contributed by atoms with van der Waals surface area (Å²) in [7, 11) is 4.62. The zero-order valence-corrected chi connectivity index (χ0v) is 24.6. The third kappa shape index (κ3) is 5.50. The maximum atomic E-state index is 13.9. The summed E-state index contributed by atoms with van der Waals surface area (Å²) < 4.78 is 22.4. The fraction of sp³-hybridized carbons (Fsp3) is 0.400. The van der Waals surface area contributed by atoms with Gasteiger partial charge in [0.2, 0.25) is 0 Å². The largest absolute Gasteiger partial charge is 0.503 e. The van der Waals surface area contributed by atoms with Crippen LogP contribution in [0.4, 0.5) is 0 Å². The number of rotatable bonds is 8. The topological polar surface area (TPSA) is 103 Å². The van der Waals surface area contributed by atoms with Crippen LogP contribution in [0.5, 0.6) is 23.0 Å². The Kier molecular flexibility index (Phi) is 8.59. The van der Waals surface area contributed by atoms with Gasteiger partial charge in [0.15, 0.2) is 28.8 Å². The van der Waals surface area contributed by atoms with Crippen LogP contribution in [0.1, 0.15) is 63.0 Å². The standard InChI is InChI=1S/C30H34BrNO7/c1-7-15(2)39-30(35)26-16(3)32-21-11-18(17-8-9-23(36-4)24(13-17)37-5)12-22(33)28(21)27(26)19-10-20(31)29(34)25(14-19)38-6/h8-10,13-15,18,27,32,34H,7,11-12H2,1-6H3/t15-,18-,27+/m0/s1. The molecule has 0 fully saturated rings. The van der Waals surface area contributed by atoms with E-state index >= 15 is 0 Å². The second-order valence-corrected chi connectivity index (χ2v) is 10.7. The van der Waals surface area contributed by atoms with Gasteiger partial charge in [0, 0.05) is 29.3 Å². The van der Waals surface area contributed by atoms with Gasteiger partial charge in [-0.1, -0.05) is 13.0 Å². The van der Waals surface area contributed by atoms with E-state index < -0.39 is 11.9 Å². The molecule has 39 heavy (non-hydrogen) atoms. The van der Waals surface area contributed by atoms with Crippen molar-refractivity contribution in [2.24, 2.45) is 0 Å². The van der Waals surface area contributed by atoms with Crippen molar-refractivity contribution in [2.45, 2.75) is 58.0 Å². The number of benzene rings is 2. The number of ether oxygens (including phenoxy) is 4. The molecule has 0 saturated heterocycles. The summed E-state index contributed by atoms with van der Waals surface area (Å²) in [5.74, 6) is 0.0605. The van der Waals surface area contributed by atoms with Crippen LogP contribution in [0.3, 0.4) is 0 Å². The minimum atomic E-state index is -0.692. The number of ketones is 1. The molecule has 0 amide bonds. The molecule has 8 nitrogen and oxygen atoms in total. The molecular formula is C30H34BrNO7. The van der Waals surface area contributed by atoms with Gasteiger partial charge in [0.25, 0.3) is 0 Å². The highest BCUT2D eigenvalue weighted by Gasteiger charge is 2.42. The molecule has 0 aromatic heterocycles. The lowest BCUT2D eigenvalue weighted by Crippen LogP contribution is -2.36. The van der Waals surface area contributed by atoms with Crippen molar-refractivity contribution >= 4 is 27.7 Å². The van der Waals surface area contributed by atoms with Crippen LogP contribution < -0.4 is 19.5 Å². The van der Waals surface area contributed by atoms with Crippen LogP contribution in [0.25, 0.3) is 0 Å². The lowest BCUT2D eigenvalue weighted by molar-refractivity contribution is -0.144. The highest BCUT2D eigenvalue weighted by Crippen LogP contribution is 2.48. The Bertz CT molecular complexity index is 1360. The van der Waals surface area contributed by atoms with Gasteiger partial charge in [0.05, 0.1) is 37.5 Å². The number of aromatic hydroxyl groups is 1. The first-order valence-corrected chi connectivity index (χ1v) is 13.7. The highest BCUT2D eigenvalue weighted by molar-refractivity contribution is 9.10. The molecule has 2 aromatic carbocycles. The molecule has 0 spiro atoms. The van der Waals surface area contributed by atoms with Gasteiger partial charge < -0.3 is 29.4 Å². The Balaban J connectivity index is 1.83. The third-order valence-electron chi connectivity index (χ3n) is 7.41. The van der Waals surface area contributed by atoms with E-state index in [1.165, 1.54) is 7.11 Å². The Hall–Kier alpha value is -3.46. The Labute approximate surface area is 237 Å². The molecule has 0 unspecified atom stereocenters. The van der Waals surface area contributed by atoms with E-state index in [-0.39, 0.29) is 35.7 Å². The first-order chi connectivity index (χ1) is 18.6. The molecule has 0 bridgehead atoms. The number of halogens is 1. The molecule has 1 heterocycles. The number of carbonyl (C=O) groups is 2. The average molecular weight is 601 g/mol. The van der Waals surface area contributed by atoms with E-state index in [1.54, 1.807) is 26.4 Å². The van der Waals surface area contributed by atoms with Crippen LogP contribution in [-0.2, 0) is 14.3 Å². The molecule has 0 saturated carbocycles. The van der Waals surface area contributed by atoms with E-state index in [9.17, 15) is 14.7 Å². The number of hydrogen-bond donors (Lipinski definition) is 2. The maximum absolute atomic E-state index is 13.9. The molecule has 208 valence electrons. The predicted molar refractivity (Wildman–Crippen MR) is 150 cm³/mol. The Morgan fingerprint density at radius 1 is 1.05 bits per heavy atom. The number of dihydropyridines is 1. The quantitative estimate of drug-likeness (QED) is 0.362. The van der Waals surface area contributed by atoms with E-state index in [2.05, 4.69) is 21.2 Å². The van der Waals surface area contributed by atoms with Crippen molar-refractivity contribution in [3.8, 4) is 23.0 Å². The van der Waals surface area contributed by atoms with Crippen molar-refractivity contribution < 1.29 is 33.6 Å². The lowest BCUT2D eigenvalue weighted by atomic mass is 9.71. The van der Waals surface area contributed by atoms with E-state index in [1.807, 2.05) is 39.0 Å². The molecule has 2 aliphatic rings. The number of carbonyl (C=O) groups excluding carboxylic acids is 2. The van der Waals surface area contributed by atoms with Gasteiger partial charge in [-0.25, -0.2) is 4.79 Å². The van der Waals surface area contributed by atoms with Crippen molar-refractivity contribution in [3.05, 3.63) is 68.5 Å². The number of nitrogens with one attached hydrogen (secondary N) is 1. The zero-order valence-electron chi connectivity index (χ0n) is 23.0. The SMILES string of the molecule is CC[C@H](C)OC(=O)C1=C(C)NC2=C(C(=O)C[C@@H](c3ccc(OC)c(OC)c3)C2)[C@@H]1c1cc(Br)c(O)c(OC)c1. The smallest absolute Gasteiger partial charge is 0.337 e. The van der Waals surface area contributed by atoms with Gasteiger partial charge in [-0.3, -0.25) is 4.79 Å². The van der Waals surface area contributed by atoms with Crippen LogP contribution >= 0.6 is 15.9 Å². The van der Waals surface area contributed by atoms with Gasteiger partial charge >= 0.3 is 5.97 Å². The van der Waals surface area contributed by atoms with Crippen LogP contribution in [0, 0.1) is 0 Å². The summed E-state index contributed by atoms with van der Waals surface area (Å²) in [6.45, 7) is 5.60. The van der Waals surface area contributed by atoms with Crippen LogP contribution in [0.15, 0.2) is 57.3 Å². The zero-order chi connectivity index (χ0) is 28.4. The Morgan fingerprint density at radius 3 is 2.36 bits per heavy atom. The highest BCUT2D eigenvalue weighted by atomic mass is 79.9. The average Bonchev–Trinajstić information content (AvgIpc) is 2.92.